The van der Waals surface area contributed by atoms with E-state index in [1.807, 2.05) is 13.8 Å². The molecule has 1 aromatic heterocycles. The lowest BCUT2D eigenvalue weighted by Crippen LogP contribution is -2.25. The van der Waals surface area contributed by atoms with E-state index >= 15 is 0 Å². The molecular weight excluding hydrogens is 276 g/mol. The van der Waals surface area contributed by atoms with Crippen molar-refractivity contribution in [2.24, 2.45) is 0 Å². The standard InChI is InChI=1S/C12H20N6O3/c1-4-13-9(19)6-7-15-11-10(18(20)21)8(3)16-12(17-11)14-5-2/h4-7H2,1-3H3,(H,13,19)(H2,14,15,16,17). The lowest BCUT2D eigenvalue weighted by Gasteiger charge is -2.10. The fourth-order valence-electron chi connectivity index (χ4n) is 1.73. The second kappa shape index (κ2) is 7.98. The van der Waals surface area contributed by atoms with Gasteiger partial charge in [-0.25, -0.2) is 4.98 Å². The van der Waals surface area contributed by atoms with Gasteiger partial charge in [0.25, 0.3) is 0 Å². The van der Waals surface area contributed by atoms with Crippen molar-refractivity contribution in [3.8, 4) is 0 Å². The molecule has 1 aromatic rings. The van der Waals surface area contributed by atoms with E-state index in [9.17, 15) is 14.9 Å². The Balaban J connectivity index is 2.86. The highest BCUT2D eigenvalue weighted by molar-refractivity contribution is 5.76. The number of nitrogens with zero attached hydrogens (tertiary/aromatic N) is 3. The molecule has 0 aliphatic carbocycles. The van der Waals surface area contributed by atoms with Crippen molar-refractivity contribution in [1.29, 1.82) is 0 Å². The molecule has 0 bridgehead atoms. The van der Waals surface area contributed by atoms with Crippen LogP contribution in [0, 0.1) is 17.0 Å². The van der Waals surface area contributed by atoms with Gasteiger partial charge < -0.3 is 16.0 Å². The zero-order valence-electron chi connectivity index (χ0n) is 12.4. The van der Waals surface area contributed by atoms with Gasteiger partial charge in [-0.2, -0.15) is 4.98 Å². The molecule has 0 aliphatic rings. The molecule has 9 nitrogen and oxygen atoms in total. The van der Waals surface area contributed by atoms with Crippen molar-refractivity contribution in [2.45, 2.75) is 27.2 Å². The Bertz CT molecular complexity index is 520. The highest BCUT2D eigenvalue weighted by Crippen LogP contribution is 2.26. The van der Waals surface area contributed by atoms with Crippen LogP contribution >= 0.6 is 0 Å². The minimum absolute atomic E-state index is 0.118. The summed E-state index contributed by atoms with van der Waals surface area (Å²) in [5.41, 5.74) is 0.0963. The van der Waals surface area contributed by atoms with E-state index in [1.54, 1.807) is 6.92 Å². The summed E-state index contributed by atoms with van der Waals surface area (Å²) in [5, 5.41) is 19.5. The molecule has 9 heteroatoms. The maximum Gasteiger partial charge on any atom is 0.332 e. The molecule has 3 N–H and O–H groups in total. The maximum absolute atomic E-state index is 11.4. The molecule has 21 heavy (non-hydrogen) atoms. The van der Waals surface area contributed by atoms with E-state index in [4.69, 9.17) is 0 Å². The van der Waals surface area contributed by atoms with Crippen molar-refractivity contribution in [1.82, 2.24) is 15.3 Å². The van der Waals surface area contributed by atoms with Crippen molar-refractivity contribution < 1.29 is 9.72 Å². The lowest BCUT2D eigenvalue weighted by molar-refractivity contribution is -0.385. The summed E-state index contributed by atoms with van der Waals surface area (Å²) in [7, 11) is 0. The summed E-state index contributed by atoms with van der Waals surface area (Å²) < 4.78 is 0. The number of aryl methyl sites for hydroxylation is 1. The van der Waals surface area contributed by atoms with E-state index in [-0.39, 0.29) is 36.1 Å². The second-order valence-corrected chi connectivity index (χ2v) is 4.25. The van der Waals surface area contributed by atoms with Gasteiger partial charge in [0.2, 0.25) is 17.7 Å². The van der Waals surface area contributed by atoms with Gasteiger partial charge in [-0.05, 0) is 20.8 Å². The largest absolute Gasteiger partial charge is 0.364 e. The SMILES string of the molecule is CCNC(=O)CCNc1nc(NCC)nc(C)c1[N+](=O)[O-]. The van der Waals surface area contributed by atoms with E-state index in [1.165, 1.54) is 0 Å². The molecule has 0 saturated heterocycles. The Morgan fingerprint density at radius 1 is 1.24 bits per heavy atom. The van der Waals surface area contributed by atoms with Gasteiger partial charge in [-0.3, -0.25) is 14.9 Å². The number of amides is 1. The third-order valence-corrected chi connectivity index (χ3v) is 2.59. The molecule has 0 fully saturated rings. The van der Waals surface area contributed by atoms with Gasteiger partial charge in [0.05, 0.1) is 4.92 Å². The zero-order chi connectivity index (χ0) is 15.8. The smallest absolute Gasteiger partial charge is 0.332 e. The van der Waals surface area contributed by atoms with Crippen LogP contribution in [0.15, 0.2) is 0 Å². The van der Waals surface area contributed by atoms with Crippen molar-refractivity contribution >= 4 is 23.4 Å². The summed E-state index contributed by atoms with van der Waals surface area (Å²) >= 11 is 0. The van der Waals surface area contributed by atoms with Gasteiger partial charge in [0.1, 0.15) is 5.69 Å². The number of nitro groups is 1. The average molecular weight is 296 g/mol. The minimum Gasteiger partial charge on any atom is -0.364 e. The summed E-state index contributed by atoms with van der Waals surface area (Å²) in [6, 6.07) is 0. The highest BCUT2D eigenvalue weighted by atomic mass is 16.6. The minimum atomic E-state index is -0.528. The summed E-state index contributed by atoms with van der Waals surface area (Å²) in [6.07, 6.45) is 0.213. The lowest BCUT2D eigenvalue weighted by atomic mass is 10.3. The molecule has 0 radical (unpaired) electrons. The Kier molecular flexibility index (Phi) is 6.31. The molecule has 0 unspecified atom stereocenters. The fraction of sp³-hybridized carbons (Fsp3) is 0.583. The predicted octanol–water partition coefficient (Wildman–Crippen LogP) is 1.06. The van der Waals surface area contributed by atoms with Gasteiger partial charge in [-0.1, -0.05) is 0 Å². The Labute approximate surface area is 122 Å². The number of aromatic nitrogens is 2. The Morgan fingerprint density at radius 3 is 2.52 bits per heavy atom. The third kappa shape index (κ3) is 4.86. The average Bonchev–Trinajstić information content (AvgIpc) is 2.38. The number of hydrogen-bond acceptors (Lipinski definition) is 7. The molecule has 0 atom stereocenters. The molecule has 1 amide bonds. The first-order valence-electron chi connectivity index (χ1n) is 6.77. The monoisotopic (exact) mass is 296 g/mol. The first kappa shape index (κ1) is 16.6. The molecule has 0 spiro atoms. The summed E-state index contributed by atoms with van der Waals surface area (Å²) in [5.74, 6) is 0.319. The van der Waals surface area contributed by atoms with E-state index in [0.717, 1.165) is 0 Å². The van der Waals surface area contributed by atoms with Crippen molar-refractivity contribution in [3.63, 3.8) is 0 Å². The van der Waals surface area contributed by atoms with Crippen LogP contribution in [0.4, 0.5) is 17.5 Å². The first-order valence-corrected chi connectivity index (χ1v) is 6.77. The maximum atomic E-state index is 11.4. The predicted molar refractivity (Wildman–Crippen MR) is 79.4 cm³/mol. The van der Waals surface area contributed by atoms with E-state index in [0.29, 0.717) is 19.0 Å². The van der Waals surface area contributed by atoms with Crippen LogP contribution in [0.1, 0.15) is 26.0 Å². The topological polar surface area (TPSA) is 122 Å². The molecular formula is C12H20N6O3. The number of nitrogens with one attached hydrogen (secondary N) is 3. The number of carbonyl (C=O) groups excluding carboxylic acids is 1. The molecule has 1 heterocycles. The van der Waals surface area contributed by atoms with E-state index in [2.05, 4.69) is 25.9 Å². The Hall–Kier alpha value is -2.45. The van der Waals surface area contributed by atoms with Gasteiger partial charge in [0.15, 0.2) is 0 Å². The first-order chi connectivity index (χ1) is 9.99. The second-order valence-electron chi connectivity index (χ2n) is 4.25. The number of carbonyl (C=O) groups is 1. The van der Waals surface area contributed by atoms with Gasteiger partial charge in [0, 0.05) is 26.1 Å². The third-order valence-electron chi connectivity index (χ3n) is 2.59. The summed E-state index contributed by atoms with van der Waals surface area (Å²) in [6.45, 7) is 6.67. The zero-order valence-corrected chi connectivity index (χ0v) is 12.4. The van der Waals surface area contributed by atoms with Gasteiger partial charge >= 0.3 is 5.69 Å². The molecule has 116 valence electrons. The molecule has 1 rings (SSSR count). The van der Waals surface area contributed by atoms with Crippen LogP contribution in [-0.4, -0.2) is 40.4 Å². The van der Waals surface area contributed by atoms with Crippen LogP contribution in [0.2, 0.25) is 0 Å². The van der Waals surface area contributed by atoms with Crippen LogP contribution in [0.5, 0.6) is 0 Å². The molecule has 0 aliphatic heterocycles. The normalized spacial score (nSPS) is 10.0. The number of anilines is 2. The van der Waals surface area contributed by atoms with E-state index < -0.39 is 4.92 Å². The van der Waals surface area contributed by atoms with Crippen molar-refractivity contribution in [3.05, 3.63) is 15.8 Å². The van der Waals surface area contributed by atoms with Crippen LogP contribution in [-0.2, 0) is 4.79 Å². The number of hydrogen-bond donors (Lipinski definition) is 3. The van der Waals surface area contributed by atoms with Crippen LogP contribution in [0.3, 0.4) is 0 Å². The highest BCUT2D eigenvalue weighted by Gasteiger charge is 2.21. The fourth-order valence-corrected chi connectivity index (χ4v) is 1.73. The number of rotatable bonds is 8. The van der Waals surface area contributed by atoms with Gasteiger partial charge in [-0.15, -0.1) is 0 Å². The molecule has 0 saturated carbocycles. The quantitative estimate of drug-likeness (QED) is 0.484. The van der Waals surface area contributed by atoms with Crippen molar-refractivity contribution in [2.75, 3.05) is 30.3 Å². The Morgan fingerprint density at radius 2 is 1.95 bits per heavy atom. The summed E-state index contributed by atoms with van der Waals surface area (Å²) in [4.78, 5) is 30.0. The van der Waals surface area contributed by atoms with Crippen LogP contribution < -0.4 is 16.0 Å². The van der Waals surface area contributed by atoms with Crippen LogP contribution in [0.25, 0.3) is 0 Å². The molecule has 0 aromatic carbocycles.